The normalized spacial score (nSPS) is 14.3. The Morgan fingerprint density at radius 1 is 1.30 bits per heavy atom. The second kappa shape index (κ2) is 7.33. The summed E-state index contributed by atoms with van der Waals surface area (Å²) < 4.78 is 21.5. The van der Waals surface area contributed by atoms with E-state index >= 15 is 0 Å². The van der Waals surface area contributed by atoms with Crippen molar-refractivity contribution >= 4 is 0 Å². The quantitative estimate of drug-likeness (QED) is 0.739. The molecule has 112 valence electrons. The van der Waals surface area contributed by atoms with E-state index in [-0.39, 0.29) is 20.0 Å². The summed E-state index contributed by atoms with van der Waals surface area (Å²) >= 11 is 0. The molecule has 0 radical (unpaired) electrons. The van der Waals surface area contributed by atoms with Crippen LogP contribution in [0.5, 0.6) is 17.2 Å². The van der Waals surface area contributed by atoms with E-state index in [4.69, 9.17) is 18.9 Å². The second-order valence-corrected chi connectivity index (χ2v) is 4.47. The fourth-order valence-electron chi connectivity index (χ4n) is 1.92. The smallest absolute Gasteiger partial charge is 0.231 e. The summed E-state index contributed by atoms with van der Waals surface area (Å²) in [5.74, 6) is 2.07. The summed E-state index contributed by atoms with van der Waals surface area (Å²) in [6.07, 6.45) is -0.650. The minimum Gasteiger partial charge on any atom is -0.490 e. The highest BCUT2D eigenvalue weighted by atomic mass is 16.7. The van der Waals surface area contributed by atoms with Gasteiger partial charge in [-0.2, -0.15) is 0 Å². The third-order valence-electron chi connectivity index (χ3n) is 2.87. The Bertz CT molecular complexity index is 438. The molecule has 1 aliphatic heterocycles. The molecule has 1 atom stereocenters. The topological polar surface area (TPSA) is 69.2 Å². The van der Waals surface area contributed by atoms with Crippen molar-refractivity contribution in [1.82, 2.24) is 5.32 Å². The van der Waals surface area contributed by atoms with Crippen molar-refractivity contribution in [2.24, 2.45) is 0 Å². The van der Waals surface area contributed by atoms with Gasteiger partial charge in [-0.1, -0.05) is 0 Å². The zero-order chi connectivity index (χ0) is 14.4. The van der Waals surface area contributed by atoms with Crippen molar-refractivity contribution in [2.75, 3.05) is 33.7 Å². The number of ether oxygens (including phenoxy) is 4. The van der Waals surface area contributed by atoms with Gasteiger partial charge in [-0.15, -0.1) is 0 Å². The van der Waals surface area contributed by atoms with Crippen molar-refractivity contribution in [3.8, 4) is 17.2 Å². The first-order valence-corrected chi connectivity index (χ1v) is 6.70. The number of benzene rings is 1. The lowest BCUT2D eigenvalue weighted by Crippen LogP contribution is -2.24. The fraction of sp³-hybridized carbons (Fsp3) is 0.571. The molecule has 0 saturated carbocycles. The number of rotatable bonds is 8. The standard InChI is InChI=1S/C14H21NO5/c1-3-17-7-11(16)8-18-12-5-14-13(19-9-20-14)4-10(12)6-15-2/h4-5,11,15-16H,3,6-9H2,1-2H3. The molecular formula is C14H21NO5. The lowest BCUT2D eigenvalue weighted by atomic mass is 10.1. The highest BCUT2D eigenvalue weighted by Crippen LogP contribution is 2.38. The Hall–Kier alpha value is -1.50. The van der Waals surface area contributed by atoms with E-state index < -0.39 is 6.10 Å². The van der Waals surface area contributed by atoms with E-state index in [1.807, 2.05) is 20.0 Å². The van der Waals surface area contributed by atoms with Crippen LogP contribution in [0.25, 0.3) is 0 Å². The Balaban J connectivity index is 2.02. The number of aliphatic hydroxyl groups excluding tert-OH is 1. The first-order valence-electron chi connectivity index (χ1n) is 6.70. The van der Waals surface area contributed by atoms with Gasteiger partial charge in [0.15, 0.2) is 11.5 Å². The van der Waals surface area contributed by atoms with Crippen LogP contribution in [0, 0.1) is 0 Å². The zero-order valence-corrected chi connectivity index (χ0v) is 11.8. The Kier molecular flexibility index (Phi) is 5.46. The molecule has 0 fully saturated rings. The maximum Gasteiger partial charge on any atom is 0.231 e. The molecule has 6 nitrogen and oxygen atoms in total. The molecule has 1 aromatic carbocycles. The van der Waals surface area contributed by atoms with Crippen molar-refractivity contribution in [3.63, 3.8) is 0 Å². The van der Waals surface area contributed by atoms with Gasteiger partial charge in [0.2, 0.25) is 6.79 Å². The van der Waals surface area contributed by atoms with Crippen molar-refractivity contribution in [2.45, 2.75) is 19.6 Å². The molecule has 0 saturated heterocycles. The van der Waals surface area contributed by atoms with Gasteiger partial charge < -0.3 is 29.4 Å². The number of fused-ring (bicyclic) bond motifs is 1. The minimum atomic E-state index is -0.650. The van der Waals surface area contributed by atoms with Crippen LogP contribution in [0.3, 0.4) is 0 Å². The number of aliphatic hydroxyl groups is 1. The molecule has 6 heteroatoms. The van der Waals surface area contributed by atoms with Crippen LogP contribution in [-0.2, 0) is 11.3 Å². The van der Waals surface area contributed by atoms with E-state index in [9.17, 15) is 5.11 Å². The fourth-order valence-corrected chi connectivity index (χ4v) is 1.92. The predicted molar refractivity (Wildman–Crippen MR) is 73.3 cm³/mol. The lowest BCUT2D eigenvalue weighted by Gasteiger charge is -2.15. The number of nitrogens with one attached hydrogen (secondary N) is 1. The molecule has 0 aromatic heterocycles. The van der Waals surface area contributed by atoms with Crippen LogP contribution in [0.15, 0.2) is 12.1 Å². The van der Waals surface area contributed by atoms with Crippen LogP contribution in [-0.4, -0.2) is 44.9 Å². The third-order valence-corrected chi connectivity index (χ3v) is 2.87. The molecule has 20 heavy (non-hydrogen) atoms. The van der Waals surface area contributed by atoms with Crippen molar-refractivity contribution in [1.29, 1.82) is 0 Å². The summed E-state index contributed by atoms with van der Waals surface area (Å²) in [5.41, 5.74) is 0.959. The van der Waals surface area contributed by atoms with Crippen molar-refractivity contribution in [3.05, 3.63) is 17.7 Å². The number of hydrogen-bond donors (Lipinski definition) is 2. The average Bonchev–Trinajstić information content (AvgIpc) is 2.90. The van der Waals surface area contributed by atoms with E-state index in [1.54, 1.807) is 6.07 Å². The largest absolute Gasteiger partial charge is 0.490 e. The molecule has 0 spiro atoms. The van der Waals surface area contributed by atoms with Crippen LogP contribution in [0.4, 0.5) is 0 Å². The van der Waals surface area contributed by atoms with Crippen LogP contribution < -0.4 is 19.5 Å². The minimum absolute atomic E-state index is 0.177. The second-order valence-electron chi connectivity index (χ2n) is 4.47. The van der Waals surface area contributed by atoms with Gasteiger partial charge in [0.1, 0.15) is 18.5 Å². The molecule has 2 N–H and O–H groups in total. The molecule has 0 bridgehead atoms. The third kappa shape index (κ3) is 3.75. The molecule has 0 aliphatic carbocycles. The zero-order valence-electron chi connectivity index (χ0n) is 11.8. The van der Waals surface area contributed by atoms with E-state index in [2.05, 4.69) is 5.32 Å². The van der Waals surface area contributed by atoms with E-state index in [0.29, 0.717) is 24.7 Å². The summed E-state index contributed by atoms with van der Waals surface area (Å²) in [7, 11) is 1.86. The first-order chi connectivity index (χ1) is 9.74. The maximum absolute atomic E-state index is 9.73. The van der Waals surface area contributed by atoms with E-state index in [0.717, 1.165) is 11.3 Å². The first kappa shape index (κ1) is 14.9. The summed E-state index contributed by atoms with van der Waals surface area (Å²) in [6, 6.07) is 3.69. The van der Waals surface area contributed by atoms with Gasteiger partial charge in [-0.25, -0.2) is 0 Å². The SMILES string of the molecule is CCOCC(O)COc1cc2c(cc1CNC)OCO2. The Morgan fingerprint density at radius 2 is 2.05 bits per heavy atom. The monoisotopic (exact) mass is 283 g/mol. The van der Waals surface area contributed by atoms with Gasteiger partial charge in [0, 0.05) is 24.8 Å². The average molecular weight is 283 g/mol. The van der Waals surface area contributed by atoms with Gasteiger partial charge in [-0.3, -0.25) is 0 Å². The summed E-state index contributed by atoms with van der Waals surface area (Å²) in [4.78, 5) is 0. The van der Waals surface area contributed by atoms with Crippen LogP contribution in [0.1, 0.15) is 12.5 Å². The van der Waals surface area contributed by atoms with Gasteiger partial charge in [-0.05, 0) is 20.0 Å². The molecule has 0 amide bonds. The van der Waals surface area contributed by atoms with Crippen LogP contribution in [0.2, 0.25) is 0 Å². The molecule has 1 aliphatic rings. The lowest BCUT2D eigenvalue weighted by molar-refractivity contribution is 0.0162. The van der Waals surface area contributed by atoms with Gasteiger partial charge in [0.05, 0.1) is 6.61 Å². The highest BCUT2D eigenvalue weighted by molar-refractivity contribution is 5.51. The summed E-state index contributed by atoms with van der Waals surface area (Å²) in [6.45, 7) is 3.78. The van der Waals surface area contributed by atoms with Gasteiger partial charge in [0.25, 0.3) is 0 Å². The Labute approximate surface area is 118 Å². The molecule has 1 heterocycles. The van der Waals surface area contributed by atoms with Crippen molar-refractivity contribution < 1.29 is 24.1 Å². The van der Waals surface area contributed by atoms with E-state index in [1.165, 1.54) is 0 Å². The van der Waals surface area contributed by atoms with Crippen LogP contribution >= 0.6 is 0 Å². The molecule has 2 rings (SSSR count). The van der Waals surface area contributed by atoms with Gasteiger partial charge >= 0.3 is 0 Å². The Morgan fingerprint density at radius 3 is 2.75 bits per heavy atom. The highest BCUT2D eigenvalue weighted by Gasteiger charge is 2.18. The maximum atomic E-state index is 9.73. The molecular weight excluding hydrogens is 262 g/mol. The summed E-state index contributed by atoms with van der Waals surface area (Å²) in [5, 5.41) is 12.8. The molecule has 1 unspecified atom stereocenters. The molecule has 1 aromatic rings. The number of hydrogen-bond acceptors (Lipinski definition) is 6. The predicted octanol–water partition coefficient (Wildman–Crippen LogP) is 0.911.